The molecule has 31 heavy (non-hydrogen) atoms. The fourth-order valence-corrected chi connectivity index (χ4v) is 3.29. The number of hydrogen-bond donors (Lipinski definition) is 3. The molecule has 1 fully saturated rings. The van der Waals surface area contributed by atoms with Gasteiger partial charge in [-0.05, 0) is 43.7 Å². The Morgan fingerprint density at radius 1 is 1.13 bits per heavy atom. The van der Waals surface area contributed by atoms with Crippen LogP contribution in [0.15, 0.2) is 52.1 Å². The molecule has 1 saturated heterocycles. The summed E-state index contributed by atoms with van der Waals surface area (Å²) in [6, 6.07) is 11.0. The molecule has 0 aliphatic carbocycles. The molecule has 3 N–H and O–H groups in total. The average molecular weight is 541 g/mol. The molecular weight excluding hydrogens is 509 g/mol. The van der Waals surface area contributed by atoms with E-state index in [0.29, 0.717) is 6.54 Å². The molecule has 8 nitrogen and oxygen atoms in total. The van der Waals surface area contributed by atoms with E-state index < -0.39 is 0 Å². The molecule has 2 aromatic rings. The molecule has 0 spiro atoms. The van der Waals surface area contributed by atoms with Crippen molar-refractivity contribution in [1.82, 2.24) is 15.5 Å². The van der Waals surface area contributed by atoms with Crippen LogP contribution < -0.4 is 16.0 Å². The van der Waals surface area contributed by atoms with Gasteiger partial charge in [0.2, 0.25) is 0 Å². The highest BCUT2D eigenvalue weighted by Gasteiger charge is 2.28. The molecule has 1 aromatic carbocycles. The summed E-state index contributed by atoms with van der Waals surface area (Å²) in [5, 5.41) is 9.57. The SMILES string of the molecule is CN=C(NCc1ccc(NC(=O)c2ccco2)cc1)NCC(C)(C)N1CCOCC1.I. The minimum Gasteiger partial charge on any atom is -0.459 e. The normalized spacial score (nSPS) is 15.1. The summed E-state index contributed by atoms with van der Waals surface area (Å²) in [6.07, 6.45) is 1.48. The molecule has 1 aliphatic heterocycles. The highest BCUT2D eigenvalue weighted by molar-refractivity contribution is 14.0. The fraction of sp³-hybridized carbons (Fsp3) is 0.455. The molecule has 2 heterocycles. The van der Waals surface area contributed by atoms with Crippen LogP contribution in [0.25, 0.3) is 0 Å². The van der Waals surface area contributed by atoms with Gasteiger partial charge in [-0.3, -0.25) is 14.7 Å². The Morgan fingerprint density at radius 3 is 2.45 bits per heavy atom. The number of carbonyl (C=O) groups is 1. The maximum Gasteiger partial charge on any atom is 0.291 e. The van der Waals surface area contributed by atoms with Gasteiger partial charge in [0.15, 0.2) is 11.7 Å². The summed E-state index contributed by atoms with van der Waals surface area (Å²) >= 11 is 0. The van der Waals surface area contributed by atoms with Crippen molar-refractivity contribution in [1.29, 1.82) is 0 Å². The lowest BCUT2D eigenvalue weighted by molar-refractivity contribution is -0.00834. The Morgan fingerprint density at radius 2 is 1.84 bits per heavy atom. The Hall–Kier alpha value is -2.11. The maximum atomic E-state index is 12.0. The lowest BCUT2D eigenvalue weighted by atomic mass is 10.0. The third kappa shape index (κ3) is 7.51. The van der Waals surface area contributed by atoms with Crippen LogP contribution in [0.5, 0.6) is 0 Å². The number of furan rings is 1. The topological polar surface area (TPSA) is 91.1 Å². The van der Waals surface area contributed by atoms with Crippen LogP contribution in [0.3, 0.4) is 0 Å². The van der Waals surface area contributed by atoms with Gasteiger partial charge in [0, 0.05) is 44.5 Å². The van der Waals surface area contributed by atoms with Gasteiger partial charge in [-0.1, -0.05) is 12.1 Å². The number of nitrogens with zero attached hydrogens (tertiary/aromatic N) is 2. The van der Waals surface area contributed by atoms with Gasteiger partial charge in [0.25, 0.3) is 5.91 Å². The summed E-state index contributed by atoms with van der Waals surface area (Å²) in [7, 11) is 1.77. The van der Waals surface area contributed by atoms with E-state index in [1.54, 1.807) is 19.2 Å². The van der Waals surface area contributed by atoms with E-state index in [4.69, 9.17) is 9.15 Å². The fourth-order valence-electron chi connectivity index (χ4n) is 3.29. The van der Waals surface area contributed by atoms with Crippen LogP contribution in [0.1, 0.15) is 30.0 Å². The molecule has 0 saturated carbocycles. The van der Waals surface area contributed by atoms with E-state index in [9.17, 15) is 4.79 Å². The van der Waals surface area contributed by atoms with Gasteiger partial charge in [-0.2, -0.15) is 0 Å². The third-order valence-electron chi connectivity index (χ3n) is 5.20. The zero-order valence-electron chi connectivity index (χ0n) is 18.3. The van der Waals surface area contributed by atoms with E-state index in [1.165, 1.54) is 6.26 Å². The van der Waals surface area contributed by atoms with Crippen molar-refractivity contribution < 1.29 is 13.9 Å². The number of hydrogen-bond acceptors (Lipinski definition) is 5. The number of halogens is 1. The van der Waals surface area contributed by atoms with E-state index >= 15 is 0 Å². The van der Waals surface area contributed by atoms with Crippen molar-refractivity contribution >= 4 is 41.5 Å². The number of aliphatic imine (C=N–C) groups is 1. The van der Waals surface area contributed by atoms with Crippen LogP contribution in [0, 0.1) is 0 Å². The molecular formula is C22H32IN5O3. The number of benzene rings is 1. The lowest BCUT2D eigenvalue weighted by Crippen LogP contribution is -2.56. The van der Waals surface area contributed by atoms with Gasteiger partial charge in [0.05, 0.1) is 19.5 Å². The van der Waals surface area contributed by atoms with E-state index in [2.05, 4.69) is 39.7 Å². The number of rotatable bonds is 7. The molecule has 1 aromatic heterocycles. The molecule has 170 valence electrons. The molecule has 1 amide bonds. The van der Waals surface area contributed by atoms with Gasteiger partial charge < -0.3 is 25.1 Å². The quantitative estimate of drug-likeness (QED) is 0.284. The highest BCUT2D eigenvalue weighted by Crippen LogP contribution is 2.15. The molecule has 1 aliphatic rings. The highest BCUT2D eigenvalue weighted by atomic mass is 127. The Kier molecular flexibility index (Phi) is 9.79. The van der Waals surface area contributed by atoms with Crippen LogP contribution in [0.2, 0.25) is 0 Å². The number of morpholine rings is 1. The number of ether oxygens (including phenoxy) is 1. The molecule has 3 rings (SSSR count). The van der Waals surface area contributed by atoms with Crippen molar-refractivity contribution in [3.8, 4) is 0 Å². The zero-order chi connectivity index (χ0) is 21.4. The average Bonchev–Trinajstić information content (AvgIpc) is 3.31. The first-order valence-electron chi connectivity index (χ1n) is 10.2. The number of carbonyl (C=O) groups excluding carboxylic acids is 1. The van der Waals surface area contributed by atoms with Crippen LogP contribution in [-0.2, 0) is 11.3 Å². The number of nitrogens with one attached hydrogen (secondary N) is 3. The van der Waals surface area contributed by atoms with Gasteiger partial charge >= 0.3 is 0 Å². The third-order valence-corrected chi connectivity index (χ3v) is 5.20. The van der Waals surface area contributed by atoms with Crippen LogP contribution in [0.4, 0.5) is 5.69 Å². The summed E-state index contributed by atoms with van der Waals surface area (Å²) in [5.41, 5.74) is 1.81. The number of amides is 1. The van der Waals surface area contributed by atoms with E-state index in [-0.39, 0.29) is 41.2 Å². The zero-order valence-corrected chi connectivity index (χ0v) is 20.6. The first-order valence-corrected chi connectivity index (χ1v) is 10.2. The number of guanidine groups is 1. The van der Waals surface area contributed by atoms with Crippen molar-refractivity contribution in [2.24, 2.45) is 4.99 Å². The first-order chi connectivity index (χ1) is 14.5. The van der Waals surface area contributed by atoms with Crippen molar-refractivity contribution in [3.63, 3.8) is 0 Å². The lowest BCUT2D eigenvalue weighted by Gasteiger charge is -2.41. The second-order valence-electron chi connectivity index (χ2n) is 7.82. The van der Waals surface area contributed by atoms with Crippen LogP contribution in [-0.4, -0.2) is 62.2 Å². The van der Waals surface area contributed by atoms with E-state index in [0.717, 1.165) is 50.1 Å². The minimum absolute atomic E-state index is 0. The monoisotopic (exact) mass is 541 g/mol. The smallest absolute Gasteiger partial charge is 0.291 e. The standard InChI is InChI=1S/C22H31N5O3.HI/c1-22(2,27-10-13-29-14-11-27)16-25-21(23-3)24-15-17-6-8-18(9-7-17)26-20(28)19-5-4-12-30-19;/h4-9,12H,10-11,13-16H2,1-3H3,(H,26,28)(H2,23,24,25);1H. The Balaban J connectivity index is 0.00000341. The molecule has 0 atom stereocenters. The second-order valence-corrected chi connectivity index (χ2v) is 7.82. The second kappa shape index (κ2) is 12.1. The summed E-state index contributed by atoms with van der Waals surface area (Å²) in [4.78, 5) is 18.8. The van der Waals surface area contributed by atoms with Gasteiger partial charge in [-0.15, -0.1) is 24.0 Å². The summed E-state index contributed by atoms with van der Waals surface area (Å²) < 4.78 is 10.6. The molecule has 0 bridgehead atoms. The maximum absolute atomic E-state index is 12.0. The predicted molar refractivity (Wildman–Crippen MR) is 133 cm³/mol. The molecule has 0 unspecified atom stereocenters. The summed E-state index contributed by atoms with van der Waals surface area (Å²) in [5.74, 6) is 0.778. The first kappa shape index (κ1) is 25.2. The number of anilines is 1. The van der Waals surface area contributed by atoms with E-state index in [1.807, 2.05) is 24.3 Å². The largest absolute Gasteiger partial charge is 0.459 e. The molecule has 0 radical (unpaired) electrons. The molecule has 9 heteroatoms. The van der Waals surface area contributed by atoms with Crippen LogP contribution >= 0.6 is 24.0 Å². The Labute approximate surface area is 200 Å². The van der Waals surface area contributed by atoms with Crippen molar-refractivity contribution in [2.45, 2.75) is 25.9 Å². The van der Waals surface area contributed by atoms with Gasteiger partial charge in [0.1, 0.15) is 0 Å². The Bertz CT molecular complexity index is 831. The van der Waals surface area contributed by atoms with Crippen molar-refractivity contribution in [3.05, 3.63) is 54.0 Å². The summed E-state index contributed by atoms with van der Waals surface area (Å²) in [6.45, 7) is 9.34. The predicted octanol–water partition coefficient (Wildman–Crippen LogP) is 2.93. The van der Waals surface area contributed by atoms with Gasteiger partial charge in [-0.25, -0.2) is 0 Å². The minimum atomic E-state index is -0.265. The van der Waals surface area contributed by atoms with Crippen molar-refractivity contribution in [2.75, 3.05) is 45.2 Å².